The Labute approximate surface area is 119 Å². The molecule has 0 radical (unpaired) electrons. The van der Waals surface area contributed by atoms with E-state index in [2.05, 4.69) is 5.32 Å². The molecule has 1 aliphatic rings. The lowest BCUT2D eigenvalue weighted by Crippen LogP contribution is -2.45. The summed E-state index contributed by atoms with van der Waals surface area (Å²) in [6, 6.07) is 7.23. The summed E-state index contributed by atoms with van der Waals surface area (Å²) >= 11 is 0. The van der Waals surface area contributed by atoms with Crippen LogP contribution < -0.4 is 5.32 Å². The van der Waals surface area contributed by atoms with Gasteiger partial charge in [-0.1, -0.05) is 38.0 Å². The number of hydrogen-bond acceptors (Lipinski definition) is 2. The molecule has 2 rings (SSSR count). The predicted molar refractivity (Wildman–Crippen MR) is 76.7 cm³/mol. The molecule has 0 aliphatic heterocycles. The van der Waals surface area contributed by atoms with Gasteiger partial charge in [0.05, 0.1) is 5.92 Å². The van der Waals surface area contributed by atoms with Crippen LogP contribution in [-0.2, 0) is 11.2 Å². The van der Waals surface area contributed by atoms with Crippen molar-refractivity contribution in [3.05, 3.63) is 35.4 Å². The molecule has 0 saturated heterocycles. The lowest BCUT2D eigenvalue weighted by atomic mass is 9.84. The molecule has 108 valence electrons. The van der Waals surface area contributed by atoms with Crippen LogP contribution in [0, 0.1) is 5.92 Å². The standard InChI is InChI=1S/C16H21NO3/c1-2-11-7-3-4-8-12(11)15(18)17-14-10-6-5-9-13(14)16(19)20/h3-4,7-8,13-14H,2,5-6,9-10H2,1H3,(H,17,18)(H,19,20). The number of carboxylic acids is 1. The quantitative estimate of drug-likeness (QED) is 0.887. The normalized spacial score (nSPS) is 22.2. The second-order valence-electron chi connectivity index (χ2n) is 5.32. The summed E-state index contributed by atoms with van der Waals surface area (Å²) in [7, 11) is 0. The summed E-state index contributed by atoms with van der Waals surface area (Å²) in [6.45, 7) is 2.01. The fraction of sp³-hybridized carbons (Fsp3) is 0.500. The number of rotatable bonds is 4. The molecule has 0 bridgehead atoms. The minimum absolute atomic E-state index is 0.152. The van der Waals surface area contributed by atoms with Gasteiger partial charge < -0.3 is 10.4 Å². The van der Waals surface area contributed by atoms with Crippen LogP contribution in [0.25, 0.3) is 0 Å². The number of aliphatic carboxylic acids is 1. The Balaban J connectivity index is 2.11. The molecule has 20 heavy (non-hydrogen) atoms. The van der Waals surface area contributed by atoms with Crippen molar-refractivity contribution in [1.82, 2.24) is 5.32 Å². The molecule has 0 spiro atoms. The number of aryl methyl sites for hydroxylation is 1. The zero-order valence-electron chi connectivity index (χ0n) is 11.8. The highest BCUT2D eigenvalue weighted by Gasteiger charge is 2.32. The maximum atomic E-state index is 12.4. The number of hydrogen-bond donors (Lipinski definition) is 2. The molecule has 4 heteroatoms. The third-order valence-electron chi connectivity index (χ3n) is 4.04. The van der Waals surface area contributed by atoms with Crippen molar-refractivity contribution in [2.45, 2.75) is 45.1 Å². The topological polar surface area (TPSA) is 66.4 Å². The van der Waals surface area contributed by atoms with Crippen LogP contribution in [0.1, 0.15) is 48.5 Å². The molecule has 2 N–H and O–H groups in total. The Bertz CT molecular complexity index is 498. The fourth-order valence-corrected chi connectivity index (χ4v) is 2.90. The zero-order valence-corrected chi connectivity index (χ0v) is 11.8. The first kappa shape index (κ1) is 14.6. The van der Waals surface area contributed by atoms with Crippen LogP contribution >= 0.6 is 0 Å². The molecule has 1 aromatic carbocycles. The van der Waals surface area contributed by atoms with Gasteiger partial charge in [0.15, 0.2) is 0 Å². The van der Waals surface area contributed by atoms with Crippen LogP contribution in [0.5, 0.6) is 0 Å². The number of benzene rings is 1. The molecule has 1 aromatic rings. The first-order valence-corrected chi connectivity index (χ1v) is 7.25. The first-order chi connectivity index (χ1) is 9.63. The summed E-state index contributed by atoms with van der Waals surface area (Å²) < 4.78 is 0. The summed E-state index contributed by atoms with van der Waals surface area (Å²) in [5.41, 5.74) is 1.65. The molecule has 1 fully saturated rings. The Morgan fingerprint density at radius 1 is 1.25 bits per heavy atom. The van der Waals surface area contributed by atoms with Gasteiger partial charge in [-0.05, 0) is 30.9 Å². The predicted octanol–water partition coefficient (Wildman–Crippen LogP) is 2.62. The van der Waals surface area contributed by atoms with E-state index in [0.29, 0.717) is 12.0 Å². The van der Waals surface area contributed by atoms with Crippen molar-refractivity contribution in [1.29, 1.82) is 0 Å². The van der Waals surface area contributed by atoms with E-state index in [1.165, 1.54) is 0 Å². The molecule has 0 heterocycles. The number of carbonyl (C=O) groups is 2. The lowest BCUT2D eigenvalue weighted by molar-refractivity contribution is -0.143. The second-order valence-corrected chi connectivity index (χ2v) is 5.32. The summed E-state index contributed by atoms with van der Waals surface area (Å²) in [5.74, 6) is -1.42. The minimum Gasteiger partial charge on any atom is -0.481 e. The van der Waals surface area contributed by atoms with E-state index in [1.54, 1.807) is 6.07 Å². The second kappa shape index (κ2) is 6.55. The van der Waals surface area contributed by atoms with Crippen molar-refractivity contribution in [2.75, 3.05) is 0 Å². The van der Waals surface area contributed by atoms with Gasteiger partial charge in [-0.25, -0.2) is 0 Å². The maximum absolute atomic E-state index is 12.4. The van der Waals surface area contributed by atoms with E-state index in [4.69, 9.17) is 0 Å². The van der Waals surface area contributed by atoms with Crippen LogP contribution in [0.4, 0.5) is 0 Å². The van der Waals surface area contributed by atoms with E-state index in [0.717, 1.165) is 31.2 Å². The van der Waals surface area contributed by atoms with Crippen LogP contribution in [0.15, 0.2) is 24.3 Å². The molecular formula is C16H21NO3. The zero-order chi connectivity index (χ0) is 14.5. The van der Waals surface area contributed by atoms with Gasteiger partial charge >= 0.3 is 5.97 Å². The van der Waals surface area contributed by atoms with Gasteiger partial charge in [0, 0.05) is 11.6 Å². The van der Waals surface area contributed by atoms with Crippen LogP contribution in [0.2, 0.25) is 0 Å². The average Bonchev–Trinajstić information content (AvgIpc) is 2.47. The SMILES string of the molecule is CCc1ccccc1C(=O)NC1CCCCC1C(=O)O. The highest BCUT2D eigenvalue weighted by Crippen LogP contribution is 2.25. The third kappa shape index (κ3) is 3.18. The summed E-state index contributed by atoms with van der Waals surface area (Å²) in [6.07, 6.45) is 4.09. The number of amides is 1. The highest BCUT2D eigenvalue weighted by atomic mass is 16.4. The number of carboxylic acid groups (broad SMARTS) is 1. The highest BCUT2D eigenvalue weighted by molar-refractivity contribution is 5.96. The van der Waals surface area contributed by atoms with Crippen LogP contribution in [0.3, 0.4) is 0 Å². The number of nitrogens with one attached hydrogen (secondary N) is 1. The first-order valence-electron chi connectivity index (χ1n) is 7.25. The molecule has 2 atom stereocenters. The van der Waals surface area contributed by atoms with E-state index in [1.807, 2.05) is 25.1 Å². The maximum Gasteiger partial charge on any atom is 0.308 e. The van der Waals surface area contributed by atoms with Gasteiger partial charge in [0.1, 0.15) is 0 Å². The van der Waals surface area contributed by atoms with Crippen LogP contribution in [-0.4, -0.2) is 23.0 Å². The Morgan fingerprint density at radius 2 is 1.95 bits per heavy atom. The smallest absolute Gasteiger partial charge is 0.308 e. The lowest BCUT2D eigenvalue weighted by Gasteiger charge is -2.29. The monoisotopic (exact) mass is 275 g/mol. The Kier molecular flexibility index (Phi) is 4.77. The molecular weight excluding hydrogens is 254 g/mol. The number of carbonyl (C=O) groups excluding carboxylic acids is 1. The molecule has 4 nitrogen and oxygen atoms in total. The molecule has 1 amide bonds. The van der Waals surface area contributed by atoms with Crippen molar-refractivity contribution in [3.8, 4) is 0 Å². The fourth-order valence-electron chi connectivity index (χ4n) is 2.90. The van der Waals surface area contributed by atoms with Crippen molar-refractivity contribution in [3.63, 3.8) is 0 Å². The average molecular weight is 275 g/mol. The van der Waals surface area contributed by atoms with E-state index < -0.39 is 11.9 Å². The minimum atomic E-state index is -0.807. The van der Waals surface area contributed by atoms with Gasteiger partial charge in [-0.15, -0.1) is 0 Å². The van der Waals surface area contributed by atoms with Gasteiger partial charge in [-0.3, -0.25) is 9.59 Å². The van der Waals surface area contributed by atoms with Crippen molar-refractivity contribution >= 4 is 11.9 Å². The van der Waals surface area contributed by atoms with E-state index >= 15 is 0 Å². The summed E-state index contributed by atoms with van der Waals surface area (Å²) in [4.78, 5) is 23.6. The van der Waals surface area contributed by atoms with Gasteiger partial charge in [0.25, 0.3) is 5.91 Å². The van der Waals surface area contributed by atoms with Crippen molar-refractivity contribution in [2.24, 2.45) is 5.92 Å². The summed E-state index contributed by atoms with van der Waals surface area (Å²) in [5, 5.41) is 12.2. The van der Waals surface area contributed by atoms with E-state index in [9.17, 15) is 14.7 Å². The molecule has 2 unspecified atom stereocenters. The molecule has 0 aromatic heterocycles. The molecule has 1 saturated carbocycles. The van der Waals surface area contributed by atoms with E-state index in [-0.39, 0.29) is 11.9 Å². The van der Waals surface area contributed by atoms with Gasteiger partial charge in [-0.2, -0.15) is 0 Å². The Morgan fingerprint density at radius 3 is 2.65 bits per heavy atom. The van der Waals surface area contributed by atoms with Crippen molar-refractivity contribution < 1.29 is 14.7 Å². The third-order valence-corrected chi connectivity index (χ3v) is 4.04. The molecule has 1 aliphatic carbocycles. The largest absolute Gasteiger partial charge is 0.481 e. The van der Waals surface area contributed by atoms with Gasteiger partial charge in [0.2, 0.25) is 0 Å². The Hall–Kier alpha value is -1.84.